The van der Waals surface area contributed by atoms with Gasteiger partial charge >= 0.3 is 0 Å². The summed E-state index contributed by atoms with van der Waals surface area (Å²) in [7, 11) is 0. The Morgan fingerprint density at radius 3 is 2.10 bits per heavy atom. The van der Waals surface area contributed by atoms with Crippen molar-refractivity contribution < 1.29 is 27.1 Å². The largest absolute Gasteiger partial charge is 0.458 e. The average molecular weight is 764 g/mol. The van der Waals surface area contributed by atoms with Crippen LogP contribution >= 0.6 is 0 Å². The highest BCUT2D eigenvalue weighted by atomic mass is 16.5. The maximum atomic E-state index is 9.14. The van der Waals surface area contributed by atoms with Gasteiger partial charge in [0.1, 0.15) is 17.3 Å². The van der Waals surface area contributed by atoms with Crippen molar-refractivity contribution in [2.75, 3.05) is 0 Å². The van der Waals surface area contributed by atoms with Crippen LogP contribution in [-0.2, 0) is 5.41 Å². The Labute approximate surface area is 357 Å². The van der Waals surface area contributed by atoms with E-state index in [4.69, 9.17) is 27.5 Å². The second-order valence-corrected chi connectivity index (χ2v) is 15.0. The monoisotopic (exact) mass is 763 g/mol. The number of hydrogen-bond donors (Lipinski definition) is 0. The molecule has 0 aliphatic heterocycles. The third-order valence-corrected chi connectivity index (χ3v) is 10.1. The Hall–Kier alpha value is -7.24. The molecule has 0 saturated heterocycles. The normalized spacial score (nSPS) is 14.9. The summed E-state index contributed by atoms with van der Waals surface area (Å²) >= 11 is 0. The minimum atomic E-state index is -0.586. The van der Waals surface area contributed by atoms with E-state index in [0.717, 1.165) is 5.56 Å². The Morgan fingerprint density at radius 1 is 0.655 bits per heavy atom. The minimum absolute atomic E-state index is 0.0216. The molecule has 0 amide bonds. The molecule has 0 atom stereocenters. The van der Waals surface area contributed by atoms with Gasteiger partial charge in [0.05, 0.1) is 51.3 Å². The maximum Gasteiger partial charge on any atom is 0.269 e. The van der Waals surface area contributed by atoms with E-state index in [-0.39, 0.29) is 51.5 Å². The molecule has 3 aromatic heterocycles. The summed E-state index contributed by atoms with van der Waals surface area (Å²) in [5.74, 6) is 1.37. The number of imidazole rings is 1. The van der Waals surface area contributed by atoms with Crippen LogP contribution < -0.4 is 9.30 Å². The van der Waals surface area contributed by atoms with Crippen LogP contribution in [0.5, 0.6) is 11.5 Å². The molecule has 0 radical (unpaired) electrons. The molecule has 7 aromatic carbocycles. The minimum Gasteiger partial charge on any atom is -0.458 e. The van der Waals surface area contributed by atoms with Gasteiger partial charge in [-0.3, -0.25) is 13.7 Å². The Kier molecular flexibility index (Phi) is 5.75. The van der Waals surface area contributed by atoms with Crippen LogP contribution in [0.4, 0.5) is 0 Å². The summed E-state index contributed by atoms with van der Waals surface area (Å²) in [4.78, 5) is 4.73. The quantitative estimate of drug-likeness (QED) is 0.120. The molecule has 10 rings (SSSR count). The SMILES string of the molecule is [2H]c1c([2H])c([2H])c(-c2cccc(-c3c([2H])c([2H])c([2H])c([2H])c3[2H])c2-[n+]2[c-]n(-c3cccc(Oc4ccc5c6c([2H])c(C)c([2H])c([2H])c6n(-c6cc(C(C)(C)C)ccn6)c5c4)c3)c3ccccc32)c([2H])c1[2H]. The van der Waals surface area contributed by atoms with Crippen LogP contribution in [0, 0.1) is 13.3 Å². The molecule has 5 heteroatoms. The van der Waals surface area contributed by atoms with Gasteiger partial charge in [0.2, 0.25) is 0 Å². The van der Waals surface area contributed by atoms with Crippen molar-refractivity contribution in [3.05, 3.63) is 199 Å². The lowest BCUT2D eigenvalue weighted by Gasteiger charge is -2.20. The van der Waals surface area contributed by atoms with Crippen LogP contribution in [0.15, 0.2) is 182 Å². The van der Waals surface area contributed by atoms with Gasteiger partial charge in [0, 0.05) is 23.0 Å². The fraction of sp³-hybridized carbons (Fsp3) is 0.0943. The summed E-state index contributed by atoms with van der Waals surface area (Å²) in [6.07, 6.45) is 5.12. The van der Waals surface area contributed by atoms with Gasteiger partial charge in [-0.1, -0.05) is 141 Å². The molecule has 0 N–H and O–H groups in total. The number of hydrogen-bond acceptors (Lipinski definition) is 2. The van der Waals surface area contributed by atoms with Gasteiger partial charge < -0.3 is 4.74 Å². The Bertz CT molecular complexity index is 3770. The van der Waals surface area contributed by atoms with Crippen LogP contribution in [0.1, 0.15) is 49.7 Å². The molecule has 0 spiro atoms. The van der Waals surface area contributed by atoms with E-state index < -0.39 is 60.4 Å². The van der Waals surface area contributed by atoms with Gasteiger partial charge in [0.25, 0.3) is 6.33 Å². The first-order chi connectivity index (χ1) is 33.7. The molecule has 0 unspecified atom stereocenters. The maximum absolute atomic E-state index is 9.14. The summed E-state index contributed by atoms with van der Waals surface area (Å²) in [6, 6.07) is 23.2. The van der Waals surface area contributed by atoms with E-state index in [1.165, 1.54) is 0 Å². The summed E-state index contributed by atoms with van der Waals surface area (Å²) in [5.41, 5.74) is 3.98. The molecule has 0 fully saturated rings. The fourth-order valence-electron chi connectivity index (χ4n) is 7.39. The lowest BCUT2D eigenvalue weighted by atomic mass is 9.88. The first kappa shape index (κ1) is 23.7. The second-order valence-electron chi connectivity index (χ2n) is 15.0. The highest BCUT2D eigenvalue weighted by Crippen LogP contribution is 2.38. The van der Waals surface area contributed by atoms with Crippen molar-refractivity contribution in [3.8, 4) is 50.9 Å². The van der Waals surface area contributed by atoms with Crippen LogP contribution in [0.2, 0.25) is 0 Å². The van der Waals surface area contributed by atoms with Crippen molar-refractivity contribution in [1.82, 2.24) is 14.1 Å². The zero-order valence-corrected chi connectivity index (χ0v) is 32.0. The van der Waals surface area contributed by atoms with Crippen LogP contribution in [0.3, 0.4) is 0 Å². The first-order valence-corrected chi connectivity index (χ1v) is 18.7. The lowest BCUT2D eigenvalue weighted by Crippen LogP contribution is -2.31. The average Bonchev–Trinajstić information content (AvgIpc) is 3.91. The summed E-state index contributed by atoms with van der Waals surface area (Å²) in [5, 5.41) is 1.22. The van der Waals surface area contributed by atoms with E-state index in [9.17, 15) is 0 Å². The highest BCUT2D eigenvalue weighted by Gasteiger charge is 2.21. The standard InChI is InChI=1S/C53H42N4O/c1-36-25-28-47-46(31-36)45-27-26-42(34-50(45)57(47)51-32-39(29-30-54-51)53(2,3)4)58-41-20-13-19-40(33-41)55-35-56(49-24-12-11-23-48(49)55)52-43(37-15-7-5-8-16-37)21-14-22-44(52)38-17-9-6-10-18-38/h5-34H,1-4H3/i5D,6D,7D,8D,9D,10D,15D,16D,17D,18D,25D,28D,31D. The molecule has 0 aliphatic rings. The molecule has 0 aliphatic carbocycles. The number of pyridine rings is 1. The molecule has 58 heavy (non-hydrogen) atoms. The van der Waals surface area contributed by atoms with Crippen molar-refractivity contribution >= 4 is 32.8 Å². The van der Waals surface area contributed by atoms with Gasteiger partial charge in [-0.15, -0.1) is 0 Å². The van der Waals surface area contributed by atoms with Crippen molar-refractivity contribution in [2.24, 2.45) is 0 Å². The van der Waals surface area contributed by atoms with E-state index in [0.29, 0.717) is 61.4 Å². The molecule has 3 heterocycles. The zero-order chi connectivity index (χ0) is 50.7. The number of aromatic nitrogens is 4. The fourth-order valence-corrected chi connectivity index (χ4v) is 7.39. The van der Waals surface area contributed by atoms with Gasteiger partial charge in [-0.05, 0) is 94.7 Å². The van der Waals surface area contributed by atoms with Gasteiger partial charge in [-0.25, -0.2) is 4.98 Å². The lowest BCUT2D eigenvalue weighted by molar-refractivity contribution is -0.571. The predicted molar refractivity (Wildman–Crippen MR) is 237 cm³/mol. The van der Waals surface area contributed by atoms with E-state index >= 15 is 0 Å². The number of rotatable bonds is 7. The molecule has 5 nitrogen and oxygen atoms in total. The number of fused-ring (bicyclic) bond motifs is 4. The van der Waals surface area contributed by atoms with Crippen molar-refractivity contribution in [1.29, 1.82) is 0 Å². The van der Waals surface area contributed by atoms with Gasteiger partial charge in [-0.2, -0.15) is 0 Å². The van der Waals surface area contributed by atoms with E-state index in [1.807, 2.05) is 47.0 Å². The molecular formula is C53H42N4O. The zero-order valence-electron chi connectivity index (χ0n) is 45.0. The Morgan fingerprint density at radius 2 is 1.36 bits per heavy atom. The van der Waals surface area contributed by atoms with Crippen molar-refractivity contribution in [2.45, 2.75) is 33.1 Å². The highest BCUT2D eigenvalue weighted by molar-refractivity contribution is 6.09. The Balaban J connectivity index is 1.16. The second kappa shape index (κ2) is 14.1. The molecule has 0 saturated carbocycles. The smallest absolute Gasteiger partial charge is 0.269 e. The summed E-state index contributed by atoms with van der Waals surface area (Å²) in [6.45, 7) is 7.97. The first-order valence-electron chi connectivity index (χ1n) is 25.2. The number of benzene rings is 7. The molecule has 280 valence electrons. The number of nitrogens with zero attached hydrogens (tertiary/aromatic N) is 4. The third-order valence-electron chi connectivity index (χ3n) is 10.1. The third kappa shape index (κ3) is 6.22. The van der Waals surface area contributed by atoms with Crippen molar-refractivity contribution in [3.63, 3.8) is 0 Å². The van der Waals surface area contributed by atoms with E-state index in [2.05, 4.69) is 27.1 Å². The number of para-hydroxylation sites is 3. The topological polar surface area (TPSA) is 35.9 Å². The molecule has 0 bridgehead atoms. The van der Waals surface area contributed by atoms with E-state index in [1.54, 1.807) is 76.9 Å². The molecular weight excluding hydrogens is 709 g/mol. The van der Waals surface area contributed by atoms with Crippen LogP contribution in [-0.4, -0.2) is 14.1 Å². The predicted octanol–water partition coefficient (Wildman–Crippen LogP) is 12.9. The van der Waals surface area contributed by atoms with Crippen LogP contribution in [0.25, 0.3) is 72.3 Å². The van der Waals surface area contributed by atoms with Gasteiger partial charge in [0.15, 0.2) is 0 Å². The molecule has 10 aromatic rings. The number of ether oxygens (including phenoxy) is 1. The summed E-state index contributed by atoms with van der Waals surface area (Å²) < 4.78 is 126.